The van der Waals surface area contributed by atoms with Crippen LogP contribution in [-0.2, 0) is 0 Å². The van der Waals surface area contributed by atoms with Gasteiger partial charge in [-0.15, -0.1) is 11.8 Å². The zero-order chi connectivity index (χ0) is 8.65. The first kappa shape index (κ1) is 9.10. The van der Waals surface area contributed by atoms with Crippen LogP contribution in [0.5, 0.6) is 0 Å². The average molecular weight is 174 g/mol. The first-order valence-electron chi connectivity index (χ1n) is 3.70. The Labute approximate surface area is 71.3 Å². The van der Waals surface area contributed by atoms with E-state index in [1.165, 1.54) is 0 Å². The monoisotopic (exact) mass is 174 g/mol. The second kappa shape index (κ2) is 2.81. The molecule has 2 nitrogen and oxygen atoms in total. The van der Waals surface area contributed by atoms with Crippen LogP contribution >= 0.6 is 11.8 Å². The number of hydrogen-bond donors (Lipinski definition) is 2. The van der Waals surface area contributed by atoms with E-state index in [-0.39, 0.29) is 5.25 Å². The molecule has 2 atom stereocenters. The van der Waals surface area contributed by atoms with Crippen LogP contribution < -0.4 is 0 Å². The normalized spacial score (nSPS) is 32.3. The van der Waals surface area contributed by atoms with Gasteiger partial charge in [0.2, 0.25) is 0 Å². The fraction of sp³-hybridized carbons (Fsp3) is 0.750. The molecular formula is C8H14O2S. The Morgan fingerprint density at radius 1 is 1.55 bits per heavy atom. The Bertz CT molecular complexity index is 181. The smallest absolute Gasteiger partial charge is 0.0896 e. The van der Waals surface area contributed by atoms with Crippen molar-refractivity contribution in [1.82, 2.24) is 0 Å². The Hall–Kier alpha value is 0.01000. The van der Waals surface area contributed by atoms with E-state index in [9.17, 15) is 10.2 Å². The maximum atomic E-state index is 9.55. The third kappa shape index (κ3) is 1.98. The lowest BCUT2D eigenvalue weighted by molar-refractivity contribution is 0.128. The van der Waals surface area contributed by atoms with Crippen LogP contribution in [0, 0.1) is 0 Å². The lowest BCUT2D eigenvalue weighted by atomic mass is 10.1. The van der Waals surface area contributed by atoms with Crippen LogP contribution in [0.15, 0.2) is 11.0 Å². The molecule has 0 aromatic heterocycles. The molecule has 1 rings (SSSR count). The lowest BCUT2D eigenvalue weighted by Crippen LogP contribution is -2.19. The van der Waals surface area contributed by atoms with Crippen molar-refractivity contribution in [3.05, 3.63) is 11.0 Å². The van der Waals surface area contributed by atoms with E-state index in [2.05, 4.69) is 0 Å². The van der Waals surface area contributed by atoms with Crippen molar-refractivity contribution < 1.29 is 10.2 Å². The largest absolute Gasteiger partial charge is 0.388 e. The summed E-state index contributed by atoms with van der Waals surface area (Å²) in [5.74, 6) is 0. The molecule has 0 saturated heterocycles. The molecule has 0 aromatic carbocycles. The van der Waals surface area contributed by atoms with Crippen LogP contribution in [0.2, 0.25) is 0 Å². The standard InChI is InChI=1S/C8H14O2S/c1-5-6(9)4-7(11-5)8(2,3)10/h4-6,9-10H,1-3H3. The van der Waals surface area contributed by atoms with Gasteiger partial charge in [0.15, 0.2) is 0 Å². The van der Waals surface area contributed by atoms with Gasteiger partial charge in [-0.3, -0.25) is 0 Å². The number of rotatable bonds is 1. The van der Waals surface area contributed by atoms with Gasteiger partial charge in [-0.1, -0.05) is 6.92 Å². The third-order valence-electron chi connectivity index (χ3n) is 1.72. The van der Waals surface area contributed by atoms with Crippen molar-refractivity contribution in [3.8, 4) is 0 Å². The predicted octanol–water partition coefficient (Wildman–Crippen LogP) is 1.14. The molecule has 0 aromatic rings. The highest BCUT2D eigenvalue weighted by Gasteiger charge is 2.30. The maximum Gasteiger partial charge on any atom is 0.0896 e. The molecule has 1 aliphatic rings. The highest BCUT2D eigenvalue weighted by molar-refractivity contribution is 8.04. The van der Waals surface area contributed by atoms with Crippen LogP contribution in [0.4, 0.5) is 0 Å². The molecule has 3 heteroatoms. The van der Waals surface area contributed by atoms with Gasteiger partial charge in [-0.25, -0.2) is 0 Å². The molecule has 0 bridgehead atoms. The minimum atomic E-state index is -0.795. The van der Waals surface area contributed by atoms with Gasteiger partial charge in [-0.2, -0.15) is 0 Å². The second-order valence-corrected chi connectivity index (χ2v) is 4.82. The second-order valence-electron chi connectivity index (χ2n) is 3.40. The van der Waals surface area contributed by atoms with Gasteiger partial charge in [0.25, 0.3) is 0 Å². The SMILES string of the molecule is CC1SC(C(C)(C)O)=CC1O. The highest BCUT2D eigenvalue weighted by Crippen LogP contribution is 2.38. The minimum Gasteiger partial charge on any atom is -0.388 e. The van der Waals surface area contributed by atoms with Crippen molar-refractivity contribution in [2.24, 2.45) is 0 Å². The van der Waals surface area contributed by atoms with E-state index < -0.39 is 11.7 Å². The predicted molar refractivity (Wildman–Crippen MR) is 47.4 cm³/mol. The van der Waals surface area contributed by atoms with Crippen LogP contribution in [0.1, 0.15) is 20.8 Å². The zero-order valence-electron chi connectivity index (χ0n) is 7.03. The van der Waals surface area contributed by atoms with Crippen LogP contribution in [0.3, 0.4) is 0 Å². The molecule has 64 valence electrons. The first-order valence-corrected chi connectivity index (χ1v) is 4.58. The van der Waals surface area contributed by atoms with Crippen molar-refractivity contribution in [2.75, 3.05) is 0 Å². The summed E-state index contributed by atoms with van der Waals surface area (Å²) in [7, 11) is 0. The average Bonchev–Trinajstić information content (AvgIpc) is 2.11. The summed E-state index contributed by atoms with van der Waals surface area (Å²) < 4.78 is 0. The van der Waals surface area contributed by atoms with E-state index in [0.717, 1.165) is 4.91 Å². The zero-order valence-corrected chi connectivity index (χ0v) is 7.85. The highest BCUT2D eigenvalue weighted by atomic mass is 32.2. The van der Waals surface area contributed by atoms with E-state index >= 15 is 0 Å². The summed E-state index contributed by atoms with van der Waals surface area (Å²) in [6, 6.07) is 0. The minimum absolute atomic E-state index is 0.177. The van der Waals surface area contributed by atoms with Gasteiger partial charge in [-0.05, 0) is 19.9 Å². The molecular weight excluding hydrogens is 160 g/mol. The summed E-state index contributed by atoms with van der Waals surface area (Å²) in [5.41, 5.74) is -0.795. The van der Waals surface area contributed by atoms with Crippen molar-refractivity contribution in [1.29, 1.82) is 0 Å². The molecule has 0 aliphatic carbocycles. The van der Waals surface area contributed by atoms with Crippen molar-refractivity contribution in [2.45, 2.75) is 37.7 Å². The molecule has 0 saturated carbocycles. The molecule has 0 amide bonds. The molecule has 1 heterocycles. The molecule has 2 N–H and O–H groups in total. The summed E-state index contributed by atoms with van der Waals surface area (Å²) in [6.07, 6.45) is 1.33. The number of aliphatic hydroxyl groups is 2. The van der Waals surface area contributed by atoms with Gasteiger partial charge in [0, 0.05) is 10.2 Å². The summed E-state index contributed by atoms with van der Waals surface area (Å²) in [5, 5.41) is 19.1. The maximum absolute atomic E-state index is 9.55. The van der Waals surface area contributed by atoms with E-state index in [1.54, 1.807) is 31.7 Å². The molecule has 0 fully saturated rings. The van der Waals surface area contributed by atoms with Gasteiger partial charge in [0.05, 0.1) is 11.7 Å². The molecule has 11 heavy (non-hydrogen) atoms. The summed E-state index contributed by atoms with van der Waals surface area (Å²) in [4.78, 5) is 0.873. The molecule has 0 spiro atoms. The molecule has 1 aliphatic heterocycles. The van der Waals surface area contributed by atoms with Gasteiger partial charge >= 0.3 is 0 Å². The Balaban J connectivity index is 2.71. The topological polar surface area (TPSA) is 40.5 Å². The molecule has 2 unspecified atom stereocenters. The lowest BCUT2D eigenvalue weighted by Gasteiger charge is -2.18. The van der Waals surface area contributed by atoms with Gasteiger partial charge < -0.3 is 10.2 Å². The third-order valence-corrected chi connectivity index (χ3v) is 3.26. The Kier molecular flexibility index (Phi) is 2.32. The summed E-state index contributed by atoms with van der Waals surface area (Å²) >= 11 is 1.54. The summed E-state index contributed by atoms with van der Waals surface area (Å²) in [6.45, 7) is 5.41. The Morgan fingerprint density at radius 3 is 2.27 bits per heavy atom. The van der Waals surface area contributed by atoms with Gasteiger partial charge in [0.1, 0.15) is 0 Å². The number of thioether (sulfide) groups is 1. The van der Waals surface area contributed by atoms with E-state index in [4.69, 9.17) is 0 Å². The van der Waals surface area contributed by atoms with Crippen LogP contribution in [-0.4, -0.2) is 27.2 Å². The Morgan fingerprint density at radius 2 is 2.09 bits per heavy atom. The quantitative estimate of drug-likeness (QED) is 0.626. The fourth-order valence-corrected chi connectivity index (χ4v) is 2.07. The van der Waals surface area contributed by atoms with Crippen LogP contribution in [0.25, 0.3) is 0 Å². The van der Waals surface area contributed by atoms with Crippen molar-refractivity contribution >= 4 is 11.8 Å². The van der Waals surface area contributed by atoms with E-state index in [0.29, 0.717) is 0 Å². The first-order chi connectivity index (χ1) is 4.91. The fourth-order valence-electron chi connectivity index (χ4n) is 0.948. The molecule has 0 radical (unpaired) electrons. The van der Waals surface area contributed by atoms with Crippen molar-refractivity contribution in [3.63, 3.8) is 0 Å². The number of aliphatic hydroxyl groups excluding tert-OH is 1. The van der Waals surface area contributed by atoms with E-state index in [1.807, 2.05) is 6.92 Å². The number of hydrogen-bond acceptors (Lipinski definition) is 3.